The highest BCUT2D eigenvalue weighted by atomic mass is 16.5. The number of unbranched alkanes of at least 4 members (excludes halogenated alkanes) is 12. The van der Waals surface area contributed by atoms with Crippen molar-refractivity contribution in [3.63, 3.8) is 0 Å². The minimum Gasteiger partial charge on any atom is -0.293 e. The van der Waals surface area contributed by atoms with Gasteiger partial charge in [0.1, 0.15) is 6.54 Å². The fourth-order valence-corrected chi connectivity index (χ4v) is 3.11. The van der Waals surface area contributed by atoms with Crippen LogP contribution in [0.15, 0.2) is 0 Å². The summed E-state index contributed by atoms with van der Waals surface area (Å²) in [5.41, 5.74) is 0. The van der Waals surface area contributed by atoms with Crippen LogP contribution >= 0.6 is 0 Å². The average Bonchev–Trinajstić information content (AvgIpc) is 2.58. The van der Waals surface area contributed by atoms with Crippen LogP contribution in [0.1, 0.15) is 111 Å². The topological polar surface area (TPSA) is 37.3 Å². The number of hydrogen-bond acceptors (Lipinski definition) is 2. The Morgan fingerprint density at radius 3 is 1.54 bits per heavy atom. The van der Waals surface area contributed by atoms with Gasteiger partial charge >= 0.3 is 0 Å². The Balaban J connectivity index is 3.38. The van der Waals surface area contributed by atoms with Crippen LogP contribution in [-0.4, -0.2) is 35.3 Å². The van der Waals surface area contributed by atoms with Crippen molar-refractivity contribution < 1.29 is 14.6 Å². The number of quaternary nitrogens is 1. The molecular formula is C21H44NO2+. The molecule has 0 spiro atoms. The minimum atomic E-state index is -0.299. The van der Waals surface area contributed by atoms with E-state index in [4.69, 9.17) is 0 Å². The van der Waals surface area contributed by atoms with E-state index >= 15 is 0 Å². The van der Waals surface area contributed by atoms with Crippen molar-refractivity contribution in [3.05, 3.63) is 0 Å². The van der Waals surface area contributed by atoms with Gasteiger partial charge in [0.15, 0.2) is 11.8 Å². The Kier molecular flexibility index (Phi) is 14.6. The second-order valence-electron chi connectivity index (χ2n) is 7.67. The van der Waals surface area contributed by atoms with Crippen LogP contribution in [0, 0.1) is 0 Å². The normalized spacial score (nSPS) is 15.2. The lowest BCUT2D eigenvalue weighted by Gasteiger charge is -2.29. The van der Waals surface area contributed by atoms with Crippen LogP contribution in [0.3, 0.4) is 0 Å². The van der Waals surface area contributed by atoms with Gasteiger partial charge < -0.3 is 0 Å². The second-order valence-corrected chi connectivity index (χ2v) is 7.67. The standard InChI is InChI=1S/C21H44NO2/c1-5-7-8-9-10-11-12-13-14-15-16-17-18-19-21(23)20(3)22(4,24)6-2/h20,24H,5-19H2,1-4H3/q+1. The van der Waals surface area contributed by atoms with E-state index in [0.717, 1.165) is 12.8 Å². The molecule has 0 bridgehead atoms. The van der Waals surface area contributed by atoms with E-state index in [0.29, 0.717) is 13.0 Å². The van der Waals surface area contributed by atoms with Crippen molar-refractivity contribution in [1.29, 1.82) is 0 Å². The molecule has 3 nitrogen and oxygen atoms in total. The first-order valence-corrected chi connectivity index (χ1v) is 10.6. The van der Waals surface area contributed by atoms with Gasteiger partial charge in [0.25, 0.3) is 0 Å². The molecule has 0 fully saturated rings. The summed E-state index contributed by atoms with van der Waals surface area (Å²) in [6.45, 7) is 6.60. The molecule has 2 atom stereocenters. The highest BCUT2D eigenvalue weighted by Crippen LogP contribution is 2.14. The van der Waals surface area contributed by atoms with Crippen molar-refractivity contribution in [3.8, 4) is 0 Å². The van der Waals surface area contributed by atoms with Gasteiger partial charge in [-0.05, 0) is 20.3 Å². The highest BCUT2D eigenvalue weighted by Gasteiger charge is 2.31. The molecule has 0 aromatic carbocycles. The summed E-state index contributed by atoms with van der Waals surface area (Å²) >= 11 is 0. The summed E-state index contributed by atoms with van der Waals surface area (Å²) in [5.74, 6) is 0.199. The molecule has 0 rings (SSSR count). The van der Waals surface area contributed by atoms with Gasteiger partial charge in [-0.25, -0.2) is 5.21 Å². The maximum atomic E-state index is 12.1. The number of hydroxylamine groups is 3. The number of hydrogen-bond donors (Lipinski definition) is 1. The van der Waals surface area contributed by atoms with Gasteiger partial charge in [0.2, 0.25) is 0 Å². The Bertz CT molecular complexity index is 302. The largest absolute Gasteiger partial charge is 0.293 e. The summed E-state index contributed by atoms with van der Waals surface area (Å²) in [7, 11) is 1.71. The zero-order chi connectivity index (χ0) is 18.3. The fourth-order valence-electron chi connectivity index (χ4n) is 3.11. The number of nitrogens with zero attached hydrogens (tertiary/aromatic N) is 1. The van der Waals surface area contributed by atoms with Gasteiger partial charge in [-0.15, -0.1) is 0 Å². The van der Waals surface area contributed by atoms with Gasteiger partial charge in [0, 0.05) is 6.42 Å². The number of carbonyl (C=O) groups excluding carboxylic acids is 1. The summed E-state index contributed by atoms with van der Waals surface area (Å²) in [4.78, 5) is 12.1. The SMILES string of the molecule is CCCCCCCCCCCCCCCC(=O)C(C)[N+](C)(O)CC. The molecule has 3 heteroatoms. The average molecular weight is 343 g/mol. The molecule has 0 aromatic rings. The van der Waals surface area contributed by atoms with E-state index in [1.54, 1.807) is 7.05 Å². The molecule has 0 aliphatic heterocycles. The Morgan fingerprint density at radius 2 is 1.17 bits per heavy atom. The lowest BCUT2D eigenvalue weighted by molar-refractivity contribution is -1.10. The molecule has 0 aromatic heterocycles. The van der Waals surface area contributed by atoms with E-state index in [2.05, 4.69) is 6.92 Å². The zero-order valence-electron chi connectivity index (χ0n) is 17.0. The van der Waals surface area contributed by atoms with E-state index in [9.17, 15) is 10.0 Å². The third kappa shape index (κ3) is 12.0. The molecule has 1 N–H and O–H groups in total. The molecule has 0 amide bonds. The number of rotatable bonds is 17. The fraction of sp³-hybridized carbons (Fsp3) is 0.952. The van der Waals surface area contributed by atoms with Crippen molar-refractivity contribution >= 4 is 5.78 Å². The molecule has 2 unspecified atom stereocenters. The van der Waals surface area contributed by atoms with Crippen molar-refractivity contribution in [2.75, 3.05) is 13.6 Å². The number of Topliss-reactive ketones (excluding diaryl/α,β-unsaturated/α-hetero) is 1. The van der Waals surface area contributed by atoms with E-state index < -0.39 is 0 Å². The monoisotopic (exact) mass is 342 g/mol. The molecular weight excluding hydrogens is 298 g/mol. The van der Waals surface area contributed by atoms with Crippen LogP contribution in [0.4, 0.5) is 0 Å². The third-order valence-electron chi connectivity index (χ3n) is 5.47. The Labute approximate surface area is 151 Å². The molecule has 0 saturated heterocycles. The first-order chi connectivity index (χ1) is 11.5. The lowest BCUT2D eigenvalue weighted by atomic mass is 10.0. The van der Waals surface area contributed by atoms with Gasteiger partial charge in [0.05, 0.1) is 7.05 Å². The molecule has 0 radical (unpaired) electrons. The van der Waals surface area contributed by atoms with Crippen LogP contribution in [0.25, 0.3) is 0 Å². The van der Waals surface area contributed by atoms with E-state index in [1.165, 1.54) is 70.6 Å². The summed E-state index contributed by atoms with van der Waals surface area (Å²) in [5, 5.41) is 10.1. The maximum Gasteiger partial charge on any atom is 0.192 e. The zero-order valence-corrected chi connectivity index (χ0v) is 17.0. The number of carbonyl (C=O) groups is 1. The smallest absolute Gasteiger partial charge is 0.192 e. The Morgan fingerprint density at radius 1 is 0.792 bits per heavy atom. The van der Waals surface area contributed by atoms with Crippen LogP contribution in [0.5, 0.6) is 0 Å². The summed E-state index contributed by atoms with van der Waals surface area (Å²) in [6, 6.07) is -0.299. The summed E-state index contributed by atoms with van der Waals surface area (Å²) in [6.07, 6.45) is 17.8. The molecule has 0 aliphatic rings. The first-order valence-electron chi connectivity index (χ1n) is 10.6. The predicted octanol–water partition coefficient (Wildman–Crippen LogP) is 6.28. The second kappa shape index (κ2) is 14.9. The number of likely N-dealkylation sites (N-methyl/N-ethyl adjacent to an activating group) is 1. The Hall–Kier alpha value is -0.410. The number of ketones is 1. The molecule has 24 heavy (non-hydrogen) atoms. The van der Waals surface area contributed by atoms with Crippen LogP contribution in [-0.2, 0) is 4.79 Å². The van der Waals surface area contributed by atoms with Crippen molar-refractivity contribution in [1.82, 2.24) is 0 Å². The van der Waals surface area contributed by atoms with E-state index in [-0.39, 0.29) is 16.5 Å². The summed E-state index contributed by atoms with van der Waals surface area (Å²) < 4.78 is -0.183. The molecule has 144 valence electrons. The van der Waals surface area contributed by atoms with Gasteiger partial charge in [-0.3, -0.25) is 4.79 Å². The molecule has 0 heterocycles. The quantitative estimate of drug-likeness (QED) is 0.192. The van der Waals surface area contributed by atoms with Crippen molar-refractivity contribution in [2.45, 2.75) is 117 Å². The minimum absolute atomic E-state index is 0.183. The maximum absolute atomic E-state index is 12.1. The molecule has 0 saturated carbocycles. The lowest BCUT2D eigenvalue weighted by Crippen LogP contribution is -2.51. The van der Waals surface area contributed by atoms with Crippen LogP contribution < -0.4 is 0 Å². The van der Waals surface area contributed by atoms with Gasteiger partial charge in [-0.2, -0.15) is 4.65 Å². The van der Waals surface area contributed by atoms with Gasteiger partial charge in [-0.1, -0.05) is 84.0 Å². The van der Waals surface area contributed by atoms with Crippen molar-refractivity contribution in [2.24, 2.45) is 0 Å². The third-order valence-corrected chi connectivity index (χ3v) is 5.47. The molecule has 0 aliphatic carbocycles. The predicted molar refractivity (Wildman–Crippen MR) is 103 cm³/mol. The highest BCUT2D eigenvalue weighted by molar-refractivity contribution is 5.82. The first kappa shape index (κ1) is 23.6. The van der Waals surface area contributed by atoms with E-state index in [1.807, 2.05) is 13.8 Å². The van der Waals surface area contributed by atoms with Crippen LogP contribution in [0.2, 0.25) is 0 Å².